The van der Waals surface area contributed by atoms with Gasteiger partial charge in [-0.3, -0.25) is 9.59 Å². The average molecular weight is 529 g/mol. The summed E-state index contributed by atoms with van der Waals surface area (Å²) >= 11 is 0. The van der Waals surface area contributed by atoms with E-state index in [0.29, 0.717) is 12.3 Å². The summed E-state index contributed by atoms with van der Waals surface area (Å²) < 4.78 is 0. The number of carbonyl (C=O) groups excluding carboxylic acids is 2. The molecule has 0 rings (SSSR count). The van der Waals surface area contributed by atoms with Crippen molar-refractivity contribution < 1.29 is 9.59 Å². The highest BCUT2D eigenvalue weighted by Crippen LogP contribution is 2.28. The lowest BCUT2D eigenvalue weighted by atomic mass is 9.79. The summed E-state index contributed by atoms with van der Waals surface area (Å²) in [6.45, 7) is 21.4. The van der Waals surface area contributed by atoms with Crippen LogP contribution >= 0.6 is 0 Å². The Kier molecular flexibility index (Phi) is 20.6. The van der Waals surface area contributed by atoms with E-state index >= 15 is 0 Å². The lowest BCUT2D eigenvalue weighted by Gasteiger charge is -2.24. The minimum Gasteiger partial charge on any atom is -0.300 e. The fourth-order valence-electron chi connectivity index (χ4n) is 5.41. The van der Waals surface area contributed by atoms with E-state index in [9.17, 15) is 9.59 Å². The fraction of sp³-hybridized carbons (Fsp3) is 0.778. The van der Waals surface area contributed by atoms with E-state index in [-0.39, 0.29) is 23.4 Å². The third-order valence-corrected chi connectivity index (χ3v) is 8.22. The maximum atomic E-state index is 12.6. The number of rotatable bonds is 22. The molecule has 220 valence electrons. The number of carbonyl (C=O) groups is 2. The van der Waals surface area contributed by atoms with Gasteiger partial charge in [-0.1, -0.05) is 101 Å². The molecular formula is C36H64O2. The second kappa shape index (κ2) is 21.4. The van der Waals surface area contributed by atoms with Gasteiger partial charge in [0.1, 0.15) is 11.6 Å². The second-order valence-electron chi connectivity index (χ2n) is 13.2. The number of hydrogen-bond acceptors (Lipinski definition) is 2. The molecular weight excluding hydrogens is 464 g/mol. The minimum absolute atomic E-state index is 0.147. The number of hydrogen-bond donors (Lipinski definition) is 0. The molecule has 0 aromatic rings. The first-order valence-corrected chi connectivity index (χ1v) is 15.8. The van der Waals surface area contributed by atoms with Crippen molar-refractivity contribution in [2.24, 2.45) is 29.6 Å². The first-order chi connectivity index (χ1) is 17.8. The largest absolute Gasteiger partial charge is 0.300 e. The maximum absolute atomic E-state index is 12.6. The maximum Gasteiger partial charge on any atom is 0.133 e. The fourth-order valence-corrected chi connectivity index (χ4v) is 5.41. The molecule has 0 saturated heterocycles. The molecule has 0 aliphatic carbocycles. The summed E-state index contributed by atoms with van der Waals surface area (Å²) in [5.41, 5.74) is 4.15. The van der Waals surface area contributed by atoms with Gasteiger partial charge in [-0.25, -0.2) is 0 Å². The van der Waals surface area contributed by atoms with Crippen molar-refractivity contribution >= 4 is 11.6 Å². The molecule has 0 aliphatic heterocycles. The van der Waals surface area contributed by atoms with Crippen LogP contribution in [0.3, 0.4) is 0 Å². The van der Waals surface area contributed by atoms with Gasteiger partial charge in [-0.2, -0.15) is 0 Å². The highest BCUT2D eigenvalue weighted by Gasteiger charge is 2.28. The van der Waals surface area contributed by atoms with Crippen LogP contribution in [0.1, 0.15) is 153 Å². The van der Waals surface area contributed by atoms with Gasteiger partial charge in [0.2, 0.25) is 0 Å². The van der Waals surface area contributed by atoms with Gasteiger partial charge >= 0.3 is 0 Å². The molecule has 0 fully saturated rings. The van der Waals surface area contributed by atoms with Crippen LogP contribution < -0.4 is 0 Å². The Morgan fingerprint density at radius 1 is 0.553 bits per heavy atom. The van der Waals surface area contributed by atoms with Gasteiger partial charge in [-0.15, -0.1) is 0 Å². The SMILES string of the molecule is CC(=O)C(CC=C(C)CCC=C(C)CCC=C(C)C)C(CCC(C)CCCC(C)CCCC(C)C)C(C)=O. The van der Waals surface area contributed by atoms with Crippen LogP contribution in [0.5, 0.6) is 0 Å². The summed E-state index contributed by atoms with van der Waals surface area (Å²) in [4.78, 5) is 25.2. The van der Waals surface area contributed by atoms with E-state index in [1.807, 2.05) is 0 Å². The highest BCUT2D eigenvalue weighted by atomic mass is 16.1. The zero-order valence-electron chi connectivity index (χ0n) is 27.1. The van der Waals surface area contributed by atoms with Crippen molar-refractivity contribution in [2.45, 2.75) is 153 Å². The van der Waals surface area contributed by atoms with Crippen molar-refractivity contribution in [3.05, 3.63) is 34.9 Å². The molecule has 0 aliphatic rings. The quantitative estimate of drug-likeness (QED) is 0.131. The number of allylic oxidation sites excluding steroid dienone is 6. The molecule has 0 amide bonds. The van der Waals surface area contributed by atoms with Gasteiger partial charge in [0, 0.05) is 11.8 Å². The molecule has 0 radical (unpaired) electrons. The molecule has 0 spiro atoms. The zero-order valence-corrected chi connectivity index (χ0v) is 27.1. The van der Waals surface area contributed by atoms with Gasteiger partial charge in [-0.05, 0) is 104 Å². The molecule has 38 heavy (non-hydrogen) atoms. The van der Waals surface area contributed by atoms with E-state index in [0.717, 1.165) is 50.4 Å². The summed E-state index contributed by atoms with van der Waals surface area (Å²) in [5, 5.41) is 0. The van der Waals surface area contributed by atoms with Gasteiger partial charge in [0.05, 0.1) is 0 Å². The molecule has 0 bridgehead atoms. The van der Waals surface area contributed by atoms with Crippen LogP contribution in [0.15, 0.2) is 34.9 Å². The first-order valence-electron chi connectivity index (χ1n) is 15.8. The molecule has 4 unspecified atom stereocenters. The molecule has 0 aromatic carbocycles. The third kappa shape index (κ3) is 19.6. The molecule has 2 nitrogen and oxygen atoms in total. The van der Waals surface area contributed by atoms with Crippen LogP contribution in [0.25, 0.3) is 0 Å². The predicted molar refractivity (Wildman–Crippen MR) is 168 cm³/mol. The van der Waals surface area contributed by atoms with Gasteiger partial charge in [0.15, 0.2) is 0 Å². The Morgan fingerprint density at radius 2 is 1.03 bits per heavy atom. The Morgan fingerprint density at radius 3 is 1.53 bits per heavy atom. The Labute approximate surface area is 238 Å². The normalized spacial score (nSPS) is 15.8. The van der Waals surface area contributed by atoms with Crippen molar-refractivity contribution in [3.63, 3.8) is 0 Å². The van der Waals surface area contributed by atoms with Crippen molar-refractivity contribution in [2.75, 3.05) is 0 Å². The summed E-state index contributed by atoms with van der Waals surface area (Å²) in [6.07, 6.45) is 21.6. The van der Waals surface area contributed by atoms with E-state index < -0.39 is 0 Å². The Balaban J connectivity index is 4.69. The van der Waals surface area contributed by atoms with Crippen LogP contribution in [0, 0.1) is 29.6 Å². The second-order valence-corrected chi connectivity index (χ2v) is 13.2. The van der Waals surface area contributed by atoms with Gasteiger partial charge in [0.25, 0.3) is 0 Å². The standard InChI is InChI=1S/C36H64O2/c1-27(2)15-11-17-29(5)19-13-21-31(7)23-25-35(33(9)37)36(34(10)38)26-24-32(8)22-14-20-30(6)18-12-16-28(3)4/h15,19,23,28,30,32,35-36H,11-14,16-18,20-22,24-26H2,1-10H3. The zero-order chi connectivity index (χ0) is 29.1. The van der Waals surface area contributed by atoms with E-state index in [2.05, 4.69) is 73.6 Å². The van der Waals surface area contributed by atoms with E-state index in [4.69, 9.17) is 0 Å². The molecule has 0 N–H and O–H groups in total. The van der Waals surface area contributed by atoms with Crippen molar-refractivity contribution in [1.82, 2.24) is 0 Å². The van der Waals surface area contributed by atoms with E-state index in [1.165, 1.54) is 55.2 Å². The van der Waals surface area contributed by atoms with Crippen LogP contribution in [-0.2, 0) is 9.59 Å². The van der Waals surface area contributed by atoms with E-state index in [1.54, 1.807) is 13.8 Å². The summed E-state index contributed by atoms with van der Waals surface area (Å²) in [7, 11) is 0. The number of ketones is 2. The molecule has 4 atom stereocenters. The monoisotopic (exact) mass is 528 g/mol. The molecule has 0 heterocycles. The van der Waals surface area contributed by atoms with Crippen LogP contribution in [-0.4, -0.2) is 11.6 Å². The van der Waals surface area contributed by atoms with Crippen LogP contribution in [0.4, 0.5) is 0 Å². The predicted octanol–water partition coefficient (Wildman–Crippen LogP) is 11.3. The average Bonchev–Trinajstić information content (AvgIpc) is 2.80. The lowest BCUT2D eigenvalue weighted by Crippen LogP contribution is -2.27. The summed E-state index contributed by atoms with van der Waals surface area (Å²) in [6, 6.07) is 0. The molecule has 0 aromatic heterocycles. The number of Topliss-reactive ketones (excluding diaryl/α,β-unsaturated/α-hetero) is 2. The smallest absolute Gasteiger partial charge is 0.133 e. The summed E-state index contributed by atoms with van der Waals surface area (Å²) in [5.74, 6) is 2.23. The van der Waals surface area contributed by atoms with Crippen LogP contribution in [0.2, 0.25) is 0 Å². The molecule has 0 saturated carbocycles. The van der Waals surface area contributed by atoms with Crippen molar-refractivity contribution in [1.29, 1.82) is 0 Å². The third-order valence-electron chi connectivity index (χ3n) is 8.22. The minimum atomic E-state index is -0.183. The topological polar surface area (TPSA) is 34.1 Å². The first kappa shape index (κ1) is 36.6. The molecule has 2 heteroatoms. The Hall–Kier alpha value is -1.44. The lowest BCUT2D eigenvalue weighted by molar-refractivity contribution is -0.130. The van der Waals surface area contributed by atoms with Crippen molar-refractivity contribution in [3.8, 4) is 0 Å². The van der Waals surface area contributed by atoms with Gasteiger partial charge < -0.3 is 0 Å². The Bertz CT molecular complexity index is 747. The highest BCUT2D eigenvalue weighted by molar-refractivity contribution is 5.87.